The zero-order valence-electron chi connectivity index (χ0n) is 16.0. The summed E-state index contributed by atoms with van der Waals surface area (Å²) in [7, 11) is 1.69. The molecule has 160 valence electrons. The highest BCUT2D eigenvalue weighted by Gasteiger charge is 2.36. The minimum Gasteiger partial charge on any atom is -0.434 e. The lowest BCUT2D eigenvalue weighted by molar-refractivity contribution is -0.141. The van der Waals surface area contributed by atoms with Crippen molar-refractivity contribution in [3.05, 3.63) is 28.6 Å². The molecule has 10 heteroatoms. The van der Waals surface area contributed by atoms with Gasteiger partial charge in [0.15, 0.2) is 5.13 Å². The van der Waals surface area contributed by atoms with Gasteiger partial charge in [0.05, 0.1) is 11.3 Å². The lowest BCUT2D eigenvalue weighted by Crippen LogP contribution is -2.36. The molecule has 1 unspecified atom stereocenters. The SMILES string of the molecule is CNc1nc(-c2ccc(OC(F)F)c(C(F)(F)F)c2)c(CN2CCCCC2C)s1. The van der Waals surface area contributed by atoms with Gasteiger partial charge in [0.2, 0.25) is 0 Å². The van der Waals surface area contributed by atoms with E-state index in [1.807, 2.05) is 0 Å². The normalized spacial score (nSPS) is 18.3. The van der Waals surface area contributed by atoms with E-state index in [0.717, 1.165) is 42.8 Å². The van der Waals surface area contributed by atoms with E-state index in [2.05, 4.69) is 26.9 Å². The van der Waals surface area contributed by atoms with Crippen molar-refractivity contribution in [2.24, 2.45) is 0 Å². The van der Waals surface area contributed by atoms with Crippen molar-refractivity contribution in [2.45, 2.75) is 51.6 Å². The average Bonchev–Trinajstić information content (AvgIpc) is 3.05. The Morgan fingerprint density at radius 1 is 1.31 bits per heavy atom. The van der Waals surface area contributed by atoms with Crippen molar-refractivity contribution in [3.63, 3.8) is 0 Å². The average molecular weight is 435 g/mol. The van der Waals surface area contributed by atoms with Crippen molar-refractivity contribution in [1.82, 2.24) is 9.88 Å². The monoisotopic (exact) mass is 435 g/mol. The first-order chi connectivity index (χ1) is 13.7. The summed E-state index contributed by atoms with van der Waals surface area (Å²) in [6.45, 7) is 0.291. The Hall–Kier alpha value is -1.94. The predicted molar refractivity (Wildman–Crippen MR) is 102 cm³/mol. The second-order valence-corrected chi connectivity index (χ2v) is 8.03. The van der Waals surface area contributed by atoms with Gasteiger partial charge in [0.25, 0.3) is 0 Å². The fourth-order valence-electron chi connectivity index (χ4n) is 3.47. The minimum atomic E-state index is -4.83. The van der Waals surface area contributed by atoms with E-state index in [1.54, 1.807) is 7.05 Å². The third-order valence-electron chi connectivity index (χ3n) is 4.97. The second kappa shape index (κ2) is 8.83. The van der Waals surface area contributed by atoms with Crippen LogP contribution in [0.15, 0.2) is 18.2 Å². The van der Waals surface area contributed by atoms with E-state index in [1.165, 1.54) is 17.4 Å². The molecule has 1 aromatic carbocycles. The number of likely N-dealkylation sites (tertiary alicyclic amines) is 1. The molecular formula is C19H22F5N3OS. The Morgan fingerprint density at radius 3 is 2.69 bits per heavy atom. The number of hydrogen-bond acceptors (Lipinski definition) is 5. The van der Waals surface area contributed by atoms with Crippen LogP contribution >= 0.6 is 11.3 Å². The molecule has 0 aliphatic carbocycles. The molecule has 4 nitrogen and oxygen atoms in total. The first kappa shape index (κ1) is 21.8. The second-order valence-electron chi connectivity index (χ2n) is 6.94. The van der Waals surface area contributed by atoms with E-state index in [9.17, 15) is 22.0 Å². The molecule has 1 aliphatic rings. The van der Waals surface area contributed by atoms with E-state index < -0.39 is 24.1 Å². The van der Waals surface area contributed by atoms with Crippen molar-refractivity contribution in [2.75, 3.05) is 18.9 Å². The summed E-state index contributed by atoms with van der Waals surface area (Å²) in [4.78, 5) is 7.55. The largest absolute Gasteiger partial charge is 0.434 e. The minimum absolute atomic E-state index is 0.219. The Bertz CT molecular complexity index is 840. The third-order valence-corrected chi connectivity index (χ3v) is 6.03. The maximum absolute atomic E-state index is 13.4. The maximum atomic E-state index is 13.4. The van der Waals surface area contributed by atoms with Crippen LogP contribution in [0, 0.1) is 0 Å². The topological polar surface area (TPSA) is 37.4 Å². The smallest absolute Gasteiger partial charge is 0.419 e. The molecule has 0 amide bonds. The van der Waals surface area contributed by atoms with Crippen molar-refractivity contribution in [1.29, 1.82) is 0 Å². The van der Waals surface area contributed by atoms with Gasteiger partial charge in [-0.2, -0.15) is 22.0 Å². The highest BCUT2D eigenvalue weighted by Crippen LogP contribution is 2.41. The number of anilines is 1. The molecular weight excluding hydrogens is 413 g/mol. The highest BCUT2D eigenvalue weighted by molar-refractivity contribution is 7.16. The van der Waals surface area contributed by atoms with Gasteiger partial charge in [0, 0.05) is 30.1 Å². The van der Waals surface area contributed by atoms with Gasteiger partial charge in [-0.1, -0.05) is 6.42 Å². The zero-order valence-corrected chi connectivity index (χ0v) is 16.8. The molecule has 1 aromatic heterocycles. The third kappa shape index (κ3) is 5.16. The number of nitrogens with zero attached hydrogens (tertiary/aromatic N) is 2. The molecule has 0 radical (unpaired) electrons. The van der Waals surface area contributed by atoms with Gasteiger partial charge < -0.3 is 10.1 Å². The number of piperidine rings is 1. The molecule has 29 heavy (non-hydrogen) atoms. The molecule has 3 rings (SSSR count). The summed E-state index contributed by atoms with van der Waals surface area (Å²) >= 11 is 1.38. The van der Waals surface area contributed by atoms with E-state index in [0.29, 0.717) is 23.4 Å². The van der Waals surface area contributed by atoms with Crippen LogP contribution in [0.1, 0.15) is 36.6 Å². The Labute approximate surface area is 169 Å². The van der Waals surface area contributed by atoms with Gasteiger partial charge >= 0.3 is 12.8 Å². The van der Waals surface area contributed by atoms with Gasteiger partial charge in [-0.15, -0.1) is 11.3 Å². The quantitative estimate of drug-likeness (QED) is 0.578. The number of ether oxygens (including phenoxy) is 1. The summed E-state index contributed by atoms with van der Waals surface area (Å²) in [6.07, 6.45) is -1.51. The molecule has 1 atom stereocenters. The standard InChI is InChI=1S/C19H22F5N3OS/c1-11-5-3-4-8-27(11)10-15-16(26-18(25-2)29-15)12-6-7-14(28-17(20)21)13(9-12)19(22,23)24/h6-7,9,11,17H,3-5,8,10H2,1-2H3,(H,25,26). The molecule has 0 saturated carbocycles. The van der Waals surface area contributed by atoms with Gasteiger partial charge in [-0.3, -0.25) is 4.90 Å². The molecule has 1 saturated heterocycles. The molecule has 1 fully saturated rings. The van der Waals surface area contributed by atoms with Crippen LogP contribution in [0.2, 0.25) is 0 Å². The van der Waals surface area contributed by atoms with Crippen molar-refractivity contribution >= 4 is 16.5 Å². The Morgan fingerprint density at radius 2 is 2.07 bits per heavy atom. The number of benzene rings is 1. The van der Waals surface area contributed by atoms with Crippen LogP contribution in [0.3, 0.4) is 0 Å². The Balaban J connectivity index is 2.00. The molecule has 1 N–H and O–H groups in total. The zero-order chi connectivity index (χ0) is 21.2. The summed E-state index contributed by atoms with van der Waals surface area (Å²) in [6, 6.07) is 3.47. The number of nitrogens with one attached hydrogen (secondary N) is 1. The summed E-state index contributed by atoms with van der Waals surface area (Å²) in [5, 5.41) is 3.52. The lowest BCUT2D eigenvalue weighted by atomic mass is 10.0. The van der Waals surface area contributed by atoms with Crippen LogP contribution in [-0.4, -0.2) is 36.1 Å². The Kier molecular flexibility index (Phi) is 6.62. The van der Waals surface area contributed by atoms with Crippen LogP contribution in [0.25, 0.3) is 11.3 Å². The van der Waals surface area contributed by atoms with Crippen molar-refractivity contribution in [3.8, 4) is 17.0 Å². The molecule has 0 spiro atoms. The predicted octanol–water partition coefficient (Wildman–Crippen LogP) is 5.85. The first-order valence-electron chi connectivity index (χ1n) is 9.27. The lowest BCUT2D eigenvalue weighted by Gasteiger charge is -2.33. The molecule has 2 aromatic rings. The number of alkyl halides is 5. The van der Waals surface area contributed by atoms with E-state index >= 15 is 0 Å². The summed E-state index contributed by atoms with van der Waals surface area (Å²) in [5.74, 6) is -0.897. The fourth-order valence-corrected chi connectivity index (χ4v) is 4.43. The first-order valence-corrected chi connectivity index (χ1v) is 10.1. The molecule has 1 aliphatic heterocycles. The van der Waals surface area contributed by atoms with Gasteiger partial charge in [0.1, 0.15) is 5.75 Å². The van der Waals surface area contributed by atoms with E-state index in [-0.39, 0.29) is 5.56 Å². The van der Waals surface area contributed by atoms with E-state index in [4.69, 9.17) is 0 Å². The maximum Gasteiger partial charge on any atom is 0.419 e. The number of thiazole rings is 1. The fraction of sp³-hybridized carbons (Fsp3) is 0.526. The summed E-state index contributed by atoms with van der Waals surface area (Å²) < 4.78 is 69.4. The van der Waals surface area contributed by atoms with Crippen LogP contribution < -0.4 is 10.1 Å². The van der Waals surface area contributed by atoms with Gasteiger partial charge in [-0.05, 0) is 44.5 Å². The molecule has 0 bridgehead atoms. The molecule has 2 heterocycles. The summed E-state index contributed by atoms with van der Waals surface area (Å²) in [5.41, 5.74) is -0.603. The number of hydrogen-bond donors (Lipinski definition) is 1. The number of aromatic nitrogens is 1. The number of halogens is 5. The van der Waals surface area contributed by atoms with Crippen LogP contribution in [0.4, 0.5) is 27.1 Å². The van der Waals surface area contributed by atoms with Crippen LogP contribution in [0.5, 0.6) is 5.75 Å². The van der Waals surface area contributed by atoms with Gasteiger partial charge in [-0.25, -0.2) is 4.98 Å². The number of rotatable bonds is 6. The van der Waals surface area contributed by atoms with Crippen LogP contribution in [-0.2, 0) is 12.7 Å². The van der Waals surface area contributed by atoms with Crippen molar-refractivity contribution < 1.29 is 26.7 Å². The highest BCUT2D eigenvalue weighted by atomic mass is 32.1.